The molecule has 1 aromatic heterocycles. The molecule has 6 nitrogen and oxygen atoms in total. The summed E-state index contributed by atoms with van der Waals surface area (Å²) in [6.45, 7) is 7.50. The van der Waals surface area contributed by atoms with E-state index < -0.39 is 4.92 Å². The van der Waals surface area contributed by atoms with Gasteiger partial charge in [0, 0.05) is 13.1 Å². The largest absolute Gasteiger partial charge is 0.351 e. The summed E-state index contributed by atoms with van der Waals surface area (Å²) in [5, 5.41) is 11.2. The molecule has 0 amide bonds. The molecule has 1 saturated heterocycles. The van der Waals surface area contributed by atoms with Crippen molar-refractivity contribution in [3.63, 3.8) is 0 Å². The fraction of sp³-hybridized carbons (Fsp3) is 0.667. The number of anilines is 1. The third kappa shape index (κ3) is 2.94. The van der Waals surface area contributed by atoms with Crippen LogP contribution in [-0.4, -0.2) is 28.0 Å². The Morgan fingerprint density at radius 1 is 1.32 bits per heavy atom. The SMILES string of the molecule is Cc1nc(Cl)nc(N2CCC(C)(C)CC2)c1[N+](=O)[O-]. The van der Waals surface area contributed by atoms with Crippen LogP contribution in [0.15, 0.2) is 0 Å². The molecule has 0 saturated carbocycles. The molecule has 0 spiro atoms. The van der Waals surface area contributed by atoms with Crippen molar-refractivity contribution < 1.29 is 4.92 Å². The minimum absolute atomic E-state index is 0.0379. The van der Waals surface area contributed by atoms with E-state index in [1.165, 1.54) is 0 Å². The van der Waals surface area contributed by atoms with Crippen molar-refractivity contribution in [3.8, 4) is 0 Å². The molecule has 2 heterocycles. The number of halogens is 1. The maximum atomic E-state index is 11.2. The molecular weight excluding hydrogens is 268 g/mol. The maximum absolute atomic E-state index is 11.2. The van der Waals surface area contributed by atoms with E-state index >= 15 is 0 Å². The second kappa shape index (κ2) is 4.92. The fourth-order valence-corrected chi connectivity index (χ4v) is 2.48. The molecule has 7 heteroatoms. The molecule has 0 N–H and O–H groups in total. The van der Waals surface area contributed by atoms with E-state index in [-0.39, 0.29) is 16.4 Å². The quantitative estimate of drug-likeness (QED) is 0.474. The monoisotopic (exact) mass is 284 g/mol. The van der Waals surface area contributed by atoms with Gasteiger partial charge in [0.05, 0.1) is 4.92 Å². The van der Waals surface area contributed by atoms with Gasteiger partial charge in [-0.25, -0.2) is 4.98 Å². The van der Waals surface area contributed by atoms with Crippen molar-refractivity contribution in [2.75, 3.05) is 18.0 Å². The van der Waals surface area contributed by atoms with Crippen LogP contribution in [0.4, 0.5) is 11.5 Å². The predicted molar refractivity (Wildman–Crippen MR) is 73.7 cm³/mol. The lowest BCUT2D eigenvalue weighted by atomic mass is 9.83. The Labute approximate surface area is 117 Å². The zero-order valence-electron chi connectivity index (χ0n) is 11.3. The van der Waals surface area contributed by atoms with Crippen molar-refractivity contribution in [3.05, 3.63) is 21.1 Å². The smallest absolute Gasteiger partial charge is 0.332 e. The fourth-order valence-electron chi connectivity index (χ4n) is 2.28. The van der Waals surface area contributed by atoms with Gasteiger partial charge in [0.2, 0.25) is 11.1 Å². The summed E-state index contributed by atoms with van der Waals surface area (Å²) in [5.74, 6) is 0.345. The number of rotatable bonds is 2. The van der Waals surface area contributed by atoms with Crippen molar-refractivity contribution in [1.29, 1.82) is 0 Å². The minimum Gasteiger partial charge on any atom is -0.351 e. The van der Waals surface area contributed by atoms with E-state index in [1.54, 1.807) is 6.92 Å². The van der Waals surface area contributed by atoms with E-state index in [0.29, 0.717) is 11.5 Å². The molecule has 1 aromatic rings. The van der Waals surface area contributed by atoms with E-state index in [2.05, 4.69) is 23.8 Å². The lowest BCUT2D eigenvalue weighted by Gasteiger charge is -2.37. The van der Waals surface area contributed by atoms with Crippen molar-refractivity contribution in [1.82, 2.24) is 9.97 Å². The second-order valence-corrected chi connectivity index (χ2v) is 6.00. The van der Waals surface area contributed by atoms with Crippen LogP contribution in [0.2, 0.25) is 5.28 Å². The number of nitrogens with zero attached hydrogens (tertiary/aromatic N) is 4. The van der Waals surface area contributed by atoms with Gasteiger partial charge in [-0.15, -0.1) is 0 Å². The number of hydrogen-bond donors (Lipinski definition) is 0. The third-order valence-corrected chi connectivity index (χ3v) is 3.78. The van der Waals surface area contributed by atoms with Gasteiger partial charge in [-0.05, 0) is 36.8 Å². The summed E-state index contributed by atoms with van der Waals surface area (Å²) in [7, 11) is 0. The molecule has 2 rings (SSSR count). The summed E-state index contributed by atoms with van der Waals surface area (Å²) < 4.78 is 0. The Kier molecular flexibility index (Phi) is 3.62. The van der Waals surface area contributed by atoms with Crippen molar-refractivity contribution in [2.24, 2.45) is 5.41 Å². The lowest BCUT2D eigenvalue weighted by molar-refractivity contribution is -0.385. The van der Waals surface area contributed by atoms with Gasteiger partial charge < -0.3 is 4.90 Å². The molecule has 0 atom stereocenters. The minimum atomic E-state index is -0.430. The first-order chi connectivity index (χ1) is 8.80. The molecule has 104 valence electrons. The molecule has 0 radical (unpaired) electrons. The third-order valence-electron chi connectivity index (χ3n) is 3.61. The first kappa shape index (κ1) is 14.0. The van der Waals surface area contributed by atoms with Crippen LogP contribution in [0.5, 0.6) is 0 Å². The Bertz CT molecular complexity index is 509. The molecule has 1 aliphatic heterocycles. The highest BCUT2D eigenvalue weighted by molar-refractivity contribution is 6.28. The van der Waals surface area contributed by atoms with Crippen LogP contribution in [0.1, 0.15) is 32.4 Å². The van der Waals surface area contributed by atoms with Crippen LogP contribution in [0.25, 0.3) is 0 Å². The number of aromatic nitrogens is 2. The molecule has 0 aliphatic carbocycles. The summed E-state index contributed by atoms with van der Waals surface area (Å²) in [5.41, 5.74) is 0.547. The van der Waals surface area contributed by atoms with Gasteiger partial charge in [0.15, 0.2) is 0 Å². The highest BCUT2D eigenvalue weighted by atomic mass is 35.5. The van der Waals surface area contributed by atoms with E-state index in [1.807, 2.05) is 4.90 Å². The average molecular weight is 285 g/mol. The van der Waals surface area contributed by atoms with Crippen LogP contribution >= 0.6 is 11.6 Å². The highest BCUT2D eigenvalue weighted by Gasteiger charge is 2.31. The van der Waals surface area contributed by atoms with E-state index in [0.717, 1.165) is 25.9 Å². The van der Waals surface area contributed by atoms with Crippen LogP contribution in [0.3, 0.4) is 0 Å². The van der Waals surface area contributed by atoms with E-state index in [4.69, 9.17) is 11.6 Å². The summed E-state index contributed by atoms with van der Waals surface area (Å²) >= 11 is 5.83. The van der Waals surface area contributed by atoms with Gasteiger partial charge in [0.25, 0.3) is 0 Å². The second-order valence-electron chi connectivity index (χ2n) is 5.66. The molecule has 0 aromatic carbocycles. The first-order valence-electron chi connectivity index (χ1n) is 6.24. The standard InChI is InChI=1S/C12H17ClN4O2/c1-8-9(17(18)19)10(15-11(13)14-8)16-6-4-12(2,3)5-7-16/h4-7H2,1-3H3. The molecule has 0 unspecified atom stereocenters. The topological polar surface area (TPSA) is 72.2 Å². The Balaban J connectivity index is 2.37. The Hall–Kier alpha value is -1.43. The molecule has 1 fully saturated rings. The summed E-state index contributed by atoms with van der Waals surface area (Å²) in [6, 6.07) is 0. The van der Waals surface area contributed by atoms with Crippen molar-refractivity contribution >= 4 is 23.1 Å². The Morgan fingerprint density at radius 3 is 2.42 bits per heavy atom. The van der Waals surface area contributed by atoms with E-state index in [9.17, 15) is 10.1 Å². The number of hydrogen-bond acceptors (Lipinski definition) is 5. The molecular formula is C12H17ClN4O2. The summed E-state index contributed by atoms with van der Waals surface area (Å²) in [4.78, 5) is 20.6. The zero-order valence-corrected chi connectivity index (χ0v) is 12.1. The Morgan fingerprint density at radius 2 is 1.89 bits per heavy atom. The average Bonchev–Trinajstić information content (AvgIpc) is 2.26. The first-order valence-corrected chi connectivity index (χ1v) is 6.61. The maximum Gasteiger partial charge on any atom is 0.332 e. The highest BCUT2D eigenvalue weighted by Crippen LogP contribution is 2.36. The van der Waals surface area contributed by atoms with Crippen LogP contribution in [-0.2, 0) is 0 Å². The molecule has 1 aliphatic rings. The van der Waals surface area contributed by atoms with Crippen LogP contribution in [0, 0.1) is 22.5 Å². The lowest BCUT2D eigenvalue weighted by Crippen LogP contribution is -2.38. The van der Waals surface area contributed by atoms with Gasteiger partial charge in [-0.3, -0.25) is 10.1 Å². The number of aryl methyl sites for hydroxylation is 1. The number of nitro groups is 1. The molecule has 19 heavy (non-hydrogen) atoms. The zero-order chi connectivity index (χ0) is 14.2. The van der Waals surface area contributed by atoms with Gasteiger partial charge in [-0.2, -0.15) is 4.98 Å². The predicted octanol–water partition coefficient (Wildman–Crippen LogP) is 2.97. The normalized spacial score (nSPS) is 18.4. The van der Waals surface area contributed by atoms with Gasteiger partial charge in [-0.1, -0.05) is 13.8 Å². The van der Waals surface area contributed by atoms with Gasteiger partial charge >= 0.3 is 5.69 Å². The van der Waals surface area contributed by atoms with Gasteiger partial charge in [0.1, 0.15) is 5.69 Å². The van der Waals surface area contributed by atoms with Crippen LogP contribution < -0.4 is 4.90 Å². The number of piperidine rings is 1. The summed E-state index contributed by atoms with van der Waals surface area (Å²) in [6.07, 6.45) is 1.95. The van der Waals surface area contributed by atoms with Crippen molar-refractivity contribution in [2.45, 2.75) is 33.6 Å². The molecule has 0 bridgehead atoms.